The normalized spacial score (nSPS) is 17.4. The van der Waals surface area contributed by atoms with Crippen LogP contribution in [-0.4, -0.2) is 84.3 Å². The van der Waals surface area contributed by atoms with Crippen LogP contribution < -0.4 is 20.3 Å². The van der Waals surface area contributed by atoms with Gasteiger partial charge in [-0.15, -0.1) is 0 Å². The van der Waals surface area contributed by atoms with E-state index in [-0.39, 0.29) is 0 Å². The second kappa shape index (κ2) is 12.7. The van der Waals surface area contributed by atoms with Gasteiger partial charge in [-0.2, -0.15) is 4.98 Å². The Morgan fingerprint density at radius 1 is 1.02 bits per heavy atom. The molecule has 226 valence electrons. The molecule has 2 aromatic carbocycles. The second-order valence-electron chi connectivity index (χ2n) is 11.8. The van der Waals surface area contributed by atoms with Crippen LogP contribution >= 0.6 is 15.9 Å². The van der Waals surface area contributed by atoms with Crippen molar-refractivity contribution in [1.29, 1.82) is 0 Å². The molecule has 1 aromatic heterocycles. The van der Waals surface area contributed by atoms with Gasteiger partial charge in [0.1, 0.15) is 17.4 Å². The summed E-state index contributed by atoms with van der Waals surface area (Å²) in [5.74, 6) is 1.25. The number of halogens is 2. The van der Waals surface area contributed by atoms with Gasteiger partial charge < -0.3 is 30.3 Å². The molecule has 0 atom stereocenters. The molecule has 3 N–H and O–H groups in total. The third-order valence-corrected chi connectivity index (χ3v) is 8.85. The van der Waals surface area contributed by atoms with E-state index < -0.39 is 11.4 Å². The Kier molecular flexibility index (Phi) is 9.22. The summed E-state index contributed by atoms with van der Waals surface area (Å²) < 4.78 is 20.4. The van der Waals surface area contributed by atoms with Gasteiger partial charge >= 0.3 is 0 Å². The number of nitrogens with zero attached hydrogens (tertiary/aromatic N) is 5. The van der Waals surface area contributed by atoms with Gasteiger partial charge in [-0.1, -0.05) is 0 Å². The van der Waals surface area contributed by atoms with Crippen molar-refractivity contribution in [3.8, 4) is 5.75 Å². The predicted octanol–water partition coefficient (Wildman–Crippen LogP) is 5.63. The Labute approximate surface area is 256 Å². The summed E-state index contributed by atoms with van der Waals surface area (Å²) in [6.07, 6.45) is 3.95. The molecule has 0 spiro atoms. The quantitative estimate of drug-likeness (QED) is 0.290. The number of aryl methyl sites for hydroxylation is 1. The summed E-state index contributed by atoms with van der Waals surface area (Å²) >= 11 is 3.50. The second-order valence-corrected chi connectivity index (χ2v) is 12.6. The number of aliphatic hydroxyl groups is 1. The Balaban J connectivity index is 1.31. The SMILES string of the molecule is COc1cc(Nc2ncc(Br)c(Nc3ccc(F)cc3C(C)(C)O)n2)c(C)cc1N1CCC(N2CCN(C)CC2)CC1. The molecule has 0 radical (unpaired) electrons. The van der Waals surface area contributed by atoms with Crippen LogP contribution in [0.15, 0.2) is 41.0 Å². The highest BCUT2D eigenvalue weighted by Gasteiger charge is 2.28. The number of anilines is 5. The lowest BCUT2D eigenvalue weighted by atomic mass is 9.96. The van der Waals surface area contributed by atoms with Gasteiger partial charge in [0.15, 0.2) is 0 Å². The number of piperidine rings is 1. The maximum Gasteiger partial charge on any atom is 0.229 e. The number of nitrogens with one attached hydrogen (secondary N) is 2. The monoisotopic (exact) mass is 641 g/mol. The minimum atomic E-state index is -1.25. The Morgan fingerprint density at radius 2 is 1.74 bits per heavy atom. The third-order valence-electron chi connectivity index (χ3n) is 8.27. The fourth-order valence-electron chi connectivity index (χ4n) is 5.77. The first kappa shape index (κ1) is 30.5. The van der Waals surface area contributed by atoms with Crippen molar-refractivity contribution in [3.05, 3.63) is 57.9 Å². The van der Waals surface area contributed by atoms with Crippen LogP contribution in [0.4, 0.5) is 33.2 Å². The van der Waals surface area contributed by atoms with Crippen molar-refractivity contribution in [1.82, 2.24) is 19.8 Å². The summed E-state index contributed by atoms with van der Waals surface area (Å²) in [4.78, 5) is 16.6. The molecular formula is C31H41BrFN7O2. The van der Waals surface area contributed by atoms with E-state index in [2.05, 4.69) is 71.3 Å². The van der Waals surface area contributed by atoms with Crippen molar-refractivity contribution in [2.45, 2.75) is 45.3 Å². The molecule has 2 saturated heterocycles. The number of piperazine rings is 1. The van der Waals surface area contributed by atoms with Gasteiger partial charge in [-0.3, -0.25) is 4.90 Å². The summed E-state index contributed by atoms with van der Waals surface area (Å²) in [5.41, 5.74) is 2.72. The van der Waals surface area contributed by atoms with Gasteiger partial charge in [-0.25, -0.2) is 9.37 Å². The lowest BCUT2D eigenvalue weighted by Crippen LogP contribution is -2.52. The molecule has 0 aliphatic carbocycles. The van der Waals surface area contributed by atoms with Crippen LogP contribution in [0.2, 0.25) is 0 Å². The summed E-state index contributed by atoms with van der Waals surface area (Å²) in [5, 5.41) is 17.1. The average Bonchev–Trinajstić information content (AvgIpc) is 2.96. The van der Waals surface area contributed by atoms with E-state index in [0.29, 0.717) is 33.5 Å². The van der Waals surface area contributed by atoms with E-state index in [0.717, 1.165) is 74.8 Å². The minimum Gasteiger partial charge on any atom is -0.495 e. The molecule has 0 unspecified atom stereocenters. The highest BCUT2D eigenvalue weighted by molar-refractivity contribution is 9.10. The van der Waals surface area contributed by atoms with Crippen molar-refractivity contribution in [2.24, 2.45) is 0 Å². The molecule has 2 fully saturated rings. The van der Waals surface area contributed by atoms with Gasteiger partial charge in [-0.05, 0) is 86.4 Å². The summed E-state index contributed by atoms with van der Waals surface area (Å²) in [6.45, 7) is 11.9. The number of methoxy groups -OCH3 is 1. The molecule has 42 heavy (non-hydrogen) atoms. The first-order chi connectivity index (χ1) is 20.0. The maximum atomic E-state index is 14.0. The highest BCUT2D eigenvalue weighted by atomic mass is 79.9. The van der Waals surface area contributed by atoms with E-state index in [9.17, 15) is 9.50 Å². The van der Waals surface area contributed by atoms with Crippen LogP contribution in [0, 0.1) is 12.7 Å². The number of likely N-dealkylation sites (N-methyl/N-ethyl adjacent to an activating group) is 1. The number of benzene rings is 2. The van der Waals surface area contributed by atoms with Crippen LogP contribution in [0.1, 0.15) is 37.8 Å². The van der Waals surface area contributed by atoms with Crippen LogP contribution in [0.3, 0.4) is 0 Å². The summed E-state index contributed by atoms with van der Waals surface area (Å²) in [7, 11) is 3.91. The number of aromatic nitrogens is 2. The van der Waals surface area contributed by atoms with E-state index >= 15 is 0 Å². The van der Waals surface area contributed by atoms with E-state index in [1.54, 1.807) is 33.2 Å². The summed E-state index contributed by atoms with van der Waals surface area (Å²) in [6, 6.07) is 9.08. The van der Waals surface area contributed by atoms with Crippen LogP contribution in [-0.2, 0) is 5.60 Å². The molecule has 9 nitrogen and oxygen atoms in total. The van der Waals surface area contributed by atoms with E-state index in [4.69, 9.17) is 4.74 Å². The fourth-order valence-corrected chi connectivity index (χ4v) is 6.06. The minimum absolute atomic E-state index is 0.388. The first-order valence-electron chi connectivity index (χ1n) is 14.5. The molecule has 11 heteroatoms. The van der Waals surface area contributed by atoms with Gasteiger partial charge in [0.2, 0.25) is 5.95 Å². The third kappa shape index (κ3) is 6.96. The lowest BCUT2D eigenvalue weighted by Gasteiger charge is -2.42. The van der Waals surface area contributed by atoms with Crippen molar-refractivity contribution < 1.29 is 14.2 Å². The van der Waals surface area contributed by atoms with Crippen molar-refractivity contribution in [3.63, 3.8) is 0 Å². The standard InChI is InChI=1S/C31H41BrFN7O2/c1-20-16-27(40-10-8-22(9-11-40)39-14-12-38(4)13-15-39)28(42-5)18-26(20)36-30-34-19-24(32)29(37-30)35-25-7-6-21(33)17-23(25)31(2,3)41/h6-7,16-19,22,41H,8-15H2,1-5H3,(H2,34,35,36,37). The first-order valence-corrected chi connectivity index (χ1v) is 15.3. The number of hydrogen-bond donors (Lipinski definition) is 3. The molecule has 3 heterocycles. The molecule has 2 aliphatic rings. The highest BCUT2D eigenvalue weighted by Crippen LogP contribution is 2.37. The zero-order valence-corrected chi connectivity index (χ0v) is 26.6. The zero-order valence-electron chi connectivity index (χ0n) is 25.0. The predicted molar refractivity (Wildman–Crippen MR) is 170 cm³/mol. The van der Waals surface area contributed by atoms with E-state index in [1.807, 2.05) is 6.07 Å². The Morgan fingerprint density at radius 3 is 2.40 bits per heavy atom. The molecule has 0 amide bonds. The maximum absolute atomic E-state index is 14.0. The molecule has 0 bridgehead atoms. The largest absolute Gasteiger partial charge is 0.495 e. The van der Waals surface area contributed by atoms with Crippen LogP contribution in [0.5, 0.6) is 5.75 Å². The fraction of sp³-hybridized carbons (Fsp3) is 0.484. The smallest absolute Gasteiger partial charge is 0.229 e. The van der Waals surface area contributed by atoms with Crippen molar-refractivity contribution >= 4 is 44.8 Å². The molecule has 2 aliphatic heterocycles. The van der Waals surface area contributed by atoms with Gasteiger partial charge in [0.25, 0.3) is 0 Å². The molecule has 3 aromatic rings. The molecule has 0 saturated carbocycles. The average molecular weight is 643 g/mol. The number of hydrogen-bond acceptors (Lipinski definition) is 9. The van der Waals surface area contributed by atoms with Crippen LogP contribution in [0.25, 0.3) is 0 Å². The van der Waals surface area contributed by atoms with Gasteiger partial charge in [0, 0.05) is 74.5 Å². The zero-order chi connectivity index (χ0) is 30.0. The number of rotatable bonds is 8. The molecular weight excluding hydrogens is 601 g/mol. The number of ether oxygens (including phenoxy) is 1. The Bertz CT molecular complexity index is 1400. The van der Waals surface area contributed by atoms with Crippen molar-refractivity contribution in [2.75, 3.05) is 69.0 Å². The Hall–Kier alpha value is -2.99. The topological polar surface area (TPSA) is 89.0 Å². The molecule has 5 rings (SSSR count). The lowest BCUT2D eigenvalue weighted by molar-refractivity contribution is 0.0790. The van der Waals surface area contributed by atoms with Gasteiger partial charge in [0.05, 0.1) is 22.9 Å². The van der Waals surface area contributed by atoms with E-state index in [1.165, 1.54) is 12.1 Å².